The predicted octanol–water partition coefficient (Wildman–Crippen LogP) is 1.57. The molecule has 3 aliphatic heterocycles. The van der Waals surface area contributed by atoms with E-state index in [0.29, 0.717) is 17.9 Å². The topological polar surface area (TPSA) is 97.8 Å². The Hall–Kier alpha value is -2.78. The van der Waals surface area contributed by atoms with Gasteiger partial charge in [0.05, 0.1) is 7.11 Å². The van der Waals surface area contributed by atoms with Crippen molar-refractivity contribution in [3.63, 3.8) is 0 Å². The Balaban J connectivity index is 1.56. The number of likely N-dealkylation sites (N-methyl/N-ethyl adjacent to an activating group) is 1. The van der Waals surface area contributed by atoms with E-state index in [2.05, 4.69) is 4.90 Å². The Labute approximate surface area is 199 Å². The van der Waals surface area contributed by atoms with E-state index in [1.165, 1.54) is 19.0 Å². The van der Waals surface area contributed by atoms with Crippen molar-refractivity contribution >= 4 is 11.9 Å². The fourth-order valence-electron chi connectivity index (χ4n) is 5.99. The number of methoxy groups -OCH3 is 1. The van der Waals surface area contributed by atoms with Gasteiger partial charge in [0.1, 0.15) is 5.76 Å². The van der Waals surface area contributed by atoms with Crippen LogP contribution in [0.4, 0.5) is 0 Å². The monoisotopic (exact) mass is 472 g/mol. The van der Waals surface area contributed by atoms with Gasteiger partial charge in [-0.05, 0) is 48.1 Å². The van der Waals surface area contributed by atoms with E-state index in [0.717, 1.165) is 48.4 Å². The molecule has 9 heteroatoms. The normalized spacial score (nSPS) is 26.4. The van der Waals surface area contributed by atoms with Gasteiger partial charge in [0, 0.05) is 39.1 Å². The van der Waals surface area contributed by atoms with Gasteiger partial charge in [-0.1, -0.05) is 13.3 Å². The molecule has 0 radical (unpaired) electrons. The minimum Gasteiger partial charge on any atom is -0.497 e. The first kappa shape index (κ1) is 23.0. The molecule has 4 aliphatic rings. The highest BCUT2D eigenvalue weighted by Crippen LogP contribution is 2.52. The summed E-state index contributed by atoms with van der Waals surface area (Å²) in [5, 5.41) is 11.2. The van der Waals surface area contributed by atoms with E-state index in [4.69, 9.17) is 18.9 Å². The van der Waals surface area contributed by atoms with Crippen molar-refractivity contribution in [3.8, 4) is 11.5 Å². The molecule has 1 fully saturated rings. The molecule has 0 bridgehead atoms. The first-order valence-electron chi connectivity index (χ1n) is 11.9. The molecule has 4 atom stereocenters. The van der Waals surface area contributed by atoms with Gasteiger partial charge in [0.2, 0.25) is 12.4 Å². The van der Waals surface area contributed by atoms with Crippen LogP contribution in [-0.4, -0.2) is 85.6 Å². The van der Waals surface area contributed by atoms with E-state index in [1.807, 2.05) is 19.1 Å². The molecule has 1 aromatic rings. The highest BCUT2D eigenvalue weighted by atomic mass is 16.7. The van der Waals surface area contributed by atoms with Crippen LogP contribution in [-0.2, 0) is 25.5 Å². The summed E-state index contributed by atoms with van der Waals surface area (Å²) in [6, 6.07) is 4.04. The SMILES string of the molecule is CCC[C@](O)(C(=O)O[C@@H]1C(OC)=C2CCN3CCc4cc5c(cc4[C@H]1[C@H]23)OCO5)C(=O)N(C)C. The third-order valence-corrected chi connectivity index (χ3v) is 7.49. The number of ether oxygens (including phenoxy) is 4. The average Bonchev–Trinajstić information content (AvgIpc) is 3.48. The number of esters is 1. The Kier molecular flexibility index (Phi) is 5.72. The van der Waals surface area contributed by atoms with Gasteiger partial charge in [-0.25, -0.2) is 4.79 Å². The minimum absolute atomic E-state index is 0.0239. The zero-order valence-corrected chi connectivity index (χ0v) is 20.1. The van der Waals surface area contributed by atoms with Gasteiger partial charge in [-0.2, -0.15) is 0 Å². The largest absolute Gasteiger partial charge is 0.497 e. The van der Waals surface area contributed by atoms with E-state index in [-0.39, 0.29) is 25.2 Å². The molecule has 1 N–H and O–H groups in total. The molecule has 1 aliphatic carbocycles. The fourth-order valence-corrected chi connectivity index (χ4v) is 5.99. The third-order valence-electron chi connectivity index (χ3n) is 7.49. The Morgan fingerprint density at radius 3 is 2.59 bits per heavy atom. The molecule has 0 unspecified atom stereocenters. The van der Waals surface area contributed by atoms with Gasteiger partial charge in [-0.15, -0.1) is 0 Å². The zero-order chi connectivity index (χ0) is 24.2. The lowest BCUT2D eigenvalue weighted by Crippen LogP contribution is -2.54. The molecule has 34 heavy (non-hydrogen) atoms. The molecule has 5 rings (SSSR count). The van der Waals surface area contributed by atoms with Crippen molar-refractivity contribution in [2.75, 3.05) is 41.1 Å². The van der Waals surface area contributed by atoms with Crippen molar-refractivity contribution in [3.05, 3.63) is 34.6 Å². The molecule has 9 nitrogen and oxygen atoms in total. The van der Waals surface area contributed by atoms with Crippen LogP contribution in [0.3, 0.4) is 0 Å². The van der Waals surface area contributed by atoms with E-state index in [9.17, 15) is 14.7 Å². The van der Waals surface area contributed by atoms with Crippen molar-refractivity contribution < 1.29 is 33.6 Å². The molecule has 0 saturated carbocycles. The van der Waals surface area contributed by atoms with Crippen LogP contribution in [0.2, 0.25) is 0 Å². The molecule has 184 valence electrons. The molecule has 0 aromatic heterocycles. The summed E-state index contributed by atoms with van der Waals surface area (Å²) in [5.74, 6) is 0.160. The van der Waals surface area contributed by atoms with Gasteiger partial charge in [0.15, 0.2) is 17.6 Å². The quantitative estimate of drug-likeness (QED) is 0.492. The standard InChI is InChI=1S/C25H32N2O7/c1-5-8-25(30,23(28)26(2)3)24(29)34-22-19-16-12-18-17(32-13-33-18)11-14(16)6-9-27-10-7-15(20(19)27)21(22)31-4/h11-12,19-20,22,30H,5-10,13H2,1-4H3/t19-,20-,22-,25+/m0/s1. The van der Waals surface area contributed by atoms with Crippen molar-refractivity contribution in [2.24, 2.45) is 0 Å². The smallest absolute Gasteiger partial charge is 0.348 e. The average molecular weight is 473 g/mol. The summed E-state index contributed by atoms with van der Waals surface area (Å²) in [7, 11) is 4.61. The lowest BCUT2D eigenvalue weighted by atomic mass is 9.86. The van der Waals surface area contributed by atoms with Crippen LogP contribution < -0.4 is 9.47 Å². The Morgan fingerprint density at radius 2 is 1.91 bits per heavy atom. The second-order valence-corrected chi connectivity index (χ2v) is 9.64. The van der Waals surface area contributed by atoms with Gasteiger partial charge in [0.25, 0.3) is 5.91 Å². The number of carbonyl (C=O) groups excluding carboxylic acids is 2. The molecular weight excluding hydrogens is 440 g/mol. The number of hydrogen-bond donors (Lipinski definition) is 1. The number of amides is 1. The second-order valence-electron chi connectivity index (χ2n) is 9.64. The van der Waals surface area contributed by atoms with Crippen molar-refractivity contribution in [2.45, 2.75) is 56.3 Å². The molecule has 1 amide bonds. The number of nitrogens with zero attached hydrogens (tertiary/aromatic N) is 2. The number of benzene rings is 1. The zero-order valence-electron chi connectivity index (χ0n) is 20.1. The van der Waals surface area contributed by atoms with Gasteiger partial charge in [-0.3, -0.25) is 9.69 Å². The summed E-state index contributed by atoms with van der Waals surface area (Å²) in [6.45, 7) is 3.77. The molecular formula is C25H32N2O7. The van der Waals surface area contributed by atoms with Crippen LogP contribution in [0.15, 0.2) is 23.5 Å². The third kappa shape index (κ3) is 3.36. The van der Waals surface area contributed by atoms with Crippen LogP contribution in [0.1, 0.15) is 43.2 Å². The van der Waals surface area contributed by atoms with E-state index < -0.39 is 23.6 Å². The van der Waals surface area contributed by atoms with Gasteiger partial charge >= 0.3 is 5.97 Å². The van der Waals surface area contributed by atoms with E-state index in [1.54, 1.807) is 7.11 Å². The number of hydrogen-bond acceptors (Lipinski definition) is 8. The van der Waals surface area contributed by atoms with Crippen molar-refractivity contribution in [1.29, 1.82) is 0 Å². The number of aliphatic hydroxyl groups is 1. The molecule has 0 spiro atoms. The summed E-state index contributed by atoms with van der Waals surface area (Å²) >= 11 is 0. The lowest BCUT2D eigenvalue weighted by Gasteiger charge is -2.33. The number of fused-ring (bicyclic) bond motifs is 3. The summed E-state index contributed by atoms with van der Waals surface area (Å²) in [4.78, 5) is 29.9. The fraction of sp³-hybridized carbons (Fsp3) is 0.600. The van der Waals surface area contributed by atoms with Crippen LogP contribution in [0.5, 0.6) is 11.5 Å². The molecule has 3 heterocycles. The maximum Gasteiger partial charge on any atom is 0.348 e. The van der Waals surface area contributed by atoms with Crippen molar-refractivity contribution in [1.82, 2.24) is 9.80 Å². The number of rotatable bonds is 6. The summed E-state index contributed by atoms with van der Waals surface area (Å²) in [5.41, 5.74) is 1.02. The maximum absolute atomic E-state index is 13.4. The highest BCUT2D eigenvalue weighted by Gasteiger charge is 2.55. The maximum atomic E-state index is 13.4. The number of carbonyl (C=O) groups is 2. The van der Waals surface area contributed by atoms with Crippen LogP contribution >= 0.6 is 0 Å². The van der Waals surface area contributed by atoms with E-state index >= 15 is 0 Å². The summed E-state index contributed by atoms with van der Waals surface area (Å²) < 4.78 is 23.1. The minimum atomic E-state index is -2.25. The highest BCUT2D eigenvalue weighted by molar-refractivity contribution is 6.05. The predicted molar refractivity (Wildman–Crippen MR) is 121 cm³/mol. The van der Waals surface area contributed by atoms with Crippen LogP contribution in [0, 0.1) is 0 Å². The first-order valence-corrected chi connectivity index (χ1v) is 11.9. The Morgan fingerprint density at radius 1 is 1.21 bits per heavy atom. The molecule has 1 saturated heterocycles. The molecule has 1 aromatic carbocycles. The summed E-state index contributed by atoms with van der Waals surface area (Å²) in [6.07, 6.45) is 1.34. The second kappa shape index (κ2) is 8.46. The van der Waals surface area contributed by atoms with Gasteiger partial charge < -0.3 is 29.0 Å². The lowest BCUT2D eigenvalue weighted by molar-refractivity contribution is -0.180. The Bertz CT molecular complexity index is 1050. The van der Waals surface area contributed by atoms with Crippen LogP contribution in [0.25, 0.3) is 0 Å². The first-order chi connectivity index (χ1) is 16.3.